The molecule has 9 heteroatoms. The summed E-state index contributed by atoms with van der Waals surface area (Å²) in [4.78, 5) is 22.4. The van der Waals surface area contributed by atoms with Crippen molar-refractivity contribution in [2.45, 2.75) is 13.8 Å². The number of aryl methyl sites for hydroxylation is 1. The molecule has 2 aromatic rings. The SMILES string of the molecule is COc1cc([N+](=O)[O-])ccc1NC(=O)COc1cc(C)c(Cl)c(C)c1Br. The average Bonchev–Trinajstić information content (AvgIpc) is 2.61. The van der Waals surface area contributed by atoms with Gasteiger partial charge in [0.05, 0.1) is 28.3 Å². The Bertz CT molecular complexity index is 873. The van der Waals surface area contributed by atoms with Crippen molar-refractivity contribution in [3.8, 4) is 11.5 Å². The highest BCUT2D eigenvalue weighted by Crippen LogP contribution is 2.35. The van der Waals surface area contributed by atoms with Crippen LogP contribution in [0.1, 0.15) is 11.1 Å². The Labute approximate surface area is 163 Å². The fourth-order valence-corrected chi connectivity index (χ4v) is 2.92. The molecule has 0 heterocycles. The predicted octanol–water partition coefficient (Wildman–Crippen LogP) is 4.65. The number of non-ortho nitro benzene ring substituents is 1. The molecule has 0 fully saturated rings. The third-order valence-electron chi connectivity index (χ3n) is 3.60. The summed E-state index contributed by atoms with van der Waals surface area (Å²) < 4.78 is 11.3. The maximum absolute atomic E-state index is 12.2. The standard InChI is InChI=1S/C17H16BrClN2O5/c1-9-6-14(16(18)10(2)17(9)19)26-8-15(22)20-12-5-4-11(21(23)24)7-13(12)25-3/h4-7H,8H2,1-3H3,(H,20,22). The first-order valence-corrected chi connectivity index (χ1v) is 8.62. The van der Waals surface area contributed by atoms with Crippen LogP contribution in [-0.2, 0) is 4.79 Å². The van der Waals surface area contributed by atoms with Gasteiger partial charge in [-0.3, -0.25) is 14.9 Å². The molecule has 26 heavy (non-hydrogen) atoms. The van der Waals surface area contributed by atoms with Crippen molar-refractivity contribution in [2.24, 2.45) is 0 Å². The number of ether oxygens (including phenoxy) is 2. The van der Waals surface area contributed by atoms with Crippen molar-refractivity contribution in [1.82, 2.24) is 0 Å². The lowest BCUT2D eigenvalue weighted by Crippen LogP contribution is -2.20. The van der Waals surface area contributed by atoms with Crippen LogP contribution in [0, 0.1) is 24.0 Å². The van der Waals surface area contributed by atoms with Crippen molar-refractivity contribution >= 4 is 44.8 Å². The minimum atomic E-state index is -0.542. The molecule has 7 nitrogen and oxygen atoms in total. The number of nitro groups is 1. The monoisotopic (exact) mass is 442 g/mol. The largest absolute Gasteiger partial charge is 0.494 e. The number of nitrogens with zero attached hydrogens (tertiary/aromatic N) is 1. The molecule has 0 unspecified atom stereocenters. The van der Waals surface area contributed by atoms with E-state index in [0.717, 1.165) is 11.1 Å². The Morgan fingerprint density at radius 1 is 1.31 bits per heavy atom. The van der Waals surface area contributed by atoms with Gasteiger partial charge in [0.1, 0.15) is 11.5 Å². The lowest BCUT2D eigenvalue weighted by molar-refractivity contribution is -0.384. The third-order valence-corrected chi connectivity index (χ3v) is 5.16. The van der Waals surface area contributed by atoms with Crippen LogP contribution in [0.4, 0.5) is 11.4 Å². The number of hydrogen-bond donors (Lipinski definition) is 1. The van der Waals surface area contributed by atoms with Crippen LogP contribution in [0.5, 0.6) is 11.5 Å². The van der Waals surface area contributed by atoms with Crippen LogP contribution >= 0.6 is 27.5 Å². The average molecular weight is 444 g/mol. The molecular weight excluding hydrogens is 428 g/mol. The zero-order valence-electron chi connectivity index (χ0n) is 14.3. The zero-order valence-corrected chi connectivity index (χ0v) is 16.6. The Morgan fingerprint density at radius 2 is 2.00 bits per heavy atom. The maximum Gasteiger partial charge on any atom is 0.273 e. The molecule has 0 atom stereocenters. The van der Waals surface area contributed by atoms with Crippen molar-refractivity contribution in [3.63, 3.8) is 0 Å². The fourth-order valence-electron chi connectivity index (χ4n) is 2.23. The molecule has 0 aromatic heterocycles. The van der Waals surface area contributed by atoms with Crippen LogP contribution in [0.15, 0.2) is 28.7 Å². The molecule has 0 bridgehead atoms. The first-order valence-electron chi connectivity index (χ1n) is 7.44. The summed E-state index contributed by atoms with van der Waals surface area (Å²) in [6, 6.07) is 5.65. The van der Waals surface area contributed by atoms with Gasteiger partial charge in [0, 0.05) is 11.1 Å². The van der Waals surface area contributed by atoms with Crippen LogP contribution < -0.4 is 14.8 Å². The number of anilines is 1. The highest BCUT2D eigenvalue weighted by Gasteiger charge is 2.15. The van der Waals surface area contributed by atoms with Crippen molar-refractivity contribution < 1.29 is 19.2 Å². The molecule has 2 aromatic carbocycles. The number of carbonyl (C=O) groups is 1. The molecule has 138 valence electrons. The number of hydrogen-bond acceptors (Lipinski definition) is 5. The van der Waals surface area contributed by atoms with Crippen LogP contribution in [0.2, 0.25) is 5.02 Å². The molecule has 1 N–H and O–H groups in total. The normalized spacial score (nSPS) is 10.3. The highest BCUT2D eigenvalue weighted by atomic mass is 79.9. The third kappa shape index (κ3) is 4.44. The van der Waals surface area contributed by atoms with E-state index in [1.54, 1.807) is 6.07 Å². The minimum absolute atomic E-state index is 0.132. The molecule has 0 radical (unpaired) electrons. The van der Waals surface area contributed by atoms with E-state index in [9.17, 15) is 14.9 Å². The number of halogens is 2. The number of amides is 1. The van der Waals surface area contributed by atoms with E-state index >= 15 is 0 Å². The quantitative estimate of drug-likeness (QED) is 0.518. The predicted molar refractivity (Wildman–Crippen MR) is 102 cm³/mol. The summed E-state index contributed by atoms with van der Waals surface area (Å²) in [5.74, 6) is 0.247. The molecule has 2 rings (SSSR count). The van der Waals surface area contributed by atoms with Gasteiger partial charge in [0.25, 0.3) is 11.6 Å². The van der Waals surface area contributed by atoms with Gasteiger partial charge in [-0.15, -0.1) is 0 Å². The number of benzene rings is 2. The Hall–Kier alpha value is -2.32. The molecule has 0 spiro atoms. The number of methoxy groups -OCH3 is 1. The van der Waals surface area contributed by atoms with E-state index < -0.39 is 10.8 Å². The van der Waals surface area contributed by atoms with Crippen molar-refractivity contribution in [3.05, 3.63) is 55.0 Å². The van der Waals surface area contributed by atoms with E-state index in [1.165, 1.54) is 25.3 Å². The van der Waals surface area contributed by atoms with Gasteiger partial charge >= 0.3 is 0 Å². The first kappa shape index (κ1) is 20.0. The zero-order chi connectivity index (χ0) is 19.4. The van der Waals surface area contributed by atoms with Gasteiger partial charge in [-0.05, 0) is 53.0 Å². The van der Waals surface area contributed by atoms with Gasteiger partial charge in [-0.25, -0.2) is 0 Å². The Morgan fingerprint density at radius 3 is 2.62 bits per heavy atom. The van der Waals surface area contributed by atoms with Crippen LogP contribution in [0.25, 0.3) is 0 Å². The lowest BCUT2D eigenvalue weighted by Gasteiger charge is -2.14. The maximum atomic E-state index is 12.2. The second kappa shape index (κ2) is 8.37. The molecule has 0 saturated heterocycles. The summed E-state index contributed by atoms with van der Waals surface area (Å²) in [6.07, 6.45) is 0. The summed E-state index contributed by atoms with van der Waals surface area (Å²) in [5.41, 5.74) is 1.83. The Balaban J connectivity index is 2.09. The number of nitro benzene ring substituents is 1. The molecule has 0 aliphatic heterocycles. The summed E-state index contributed by atoms with van der Waals surface area (Å²) in [7, 11) is 1.36. The van der Waals surface area contributed by atoms with Crippen LogP contribution in [-0.4, -0.2) is 24.5 Å². The molecule has 1 amide bonds. The van der Waals surface area contributed by atoms with Gasteiger partial charge in [0.15, 0.2) is 6.61 Å². The van der Waals surface area contributed by atoms with E-state index in [-0.39, 0.29) is 18.0 Å². The number of nitrogens with one attached hydrogen (secondary N) is 1. The molecular formula is C17H16BrClN2O5. The molecule has 0 saturated carbocycles. The topological polar surface area (TPSA) is 90.7 Å². The fraction of sp³-hybridized carbons (Fsp3) is 0.235. The first-order chi connectivity index (χ1) is 12.2. The Kier molecular flexibility index (Phi) is 6.44. The van der Waals surface area contributed by atoms with E-state index in [4.69, 9.17) is 21.1 Å². The lowest BCUT2D eigenvalue weighted by atomic mass is 10.1. The smallest absolute Gasteiger partial charge is 0.273 e. The summed E-state index contributed by atoms with van der Waals surface area (Å²) in [5, 5.41) is 14.0. The van der Waals surface area contributed by atoms with E-state index in [1.807, 2.05) is 13.8 Å². The second-order valence-electron chi connectivity index (χ2n) is 5.42. The summed E-state index contributed by atoms with van der Waals surface area (Å²) in [6.45, 7) is 3.43. The van der Waals surface area contributed by atoms with Crippen molar-refractivity contribution in [1.29, 1.82) is 0 Å². The van der Waals surface area contributed by atoms with Crippen LogP contribution in [0.3, 0.4) is 0 Å². The molecule has 0 aliphatic rings. The summed E-state index contributed by atoms with van der Waals surface area (Å²) >= 11 is 9.57. The van der Waals surface area contributed by atoms with Gasteiger partial charge in [0.2, 0.25) is 0 Å². The number of rotatable bonds is 6. The van der Waals surface area contributed by atoms with E-state index in [0.29, 0.717) is 20.9 Å². The number of carbonyl (C=O) groups excluding carboxylic acids is 1. The second-order valence-corrected chi connectivity index (χ2v) is 6.59. The van der Waals surface area contributed by atoms with Gasteiger partial charge in [-0.1, -0.05) is 11.6 Å². The minimum Gasteiger partial charge on any atom is -0.494 e. The highest BCUT2D eigenvalue weighted by molar-refractivity contribution is 9.10. The van der Waals surface area contributed by atoms with E-state index in [2.05, 4.69) is 21.2 Å². The van der Waals surface area contributed by atoms with Gasteiger partial charge < -0.3 is 14.8 Å². The molecule has 0 aliphatic carbocycles. The van der Waals surface area contributed by atoms with Crippen molar-refractivity contribution in [2.75, 3.05) is 19.0 Å². The van der Waals surface area contributed by atoms with Gasteiger partial charge in [-0.2, -0.15) is 0 Å².